The number of nitrogens with one attached hydrogen (secondary N) is 1. The zero-order valence-electron chi connectivity index (χ0n) is 14.5. The lowest BCUT2D eigenvalue weighted by Crippen LogP contribution is -2.43. The number of guanidine groups is 1. The molecule has 0 aliphatic carbocycles. The molecule has 2 saturated heterocycles. The summed E-state index contributed by atoms with van der Waals surface area (Å²) >= 11 is 0. The van der Waals surface area contributed by atoms with Gasteiger partial charge in [0.2, 0.25) is 0 Å². The van der Waals surface area contributed by atoms with Crippen molar-refractivity contribution in [1.29, 1.82) is 0 Å². The van der Waals surface area contributed by atoms with Crippen molar-refractivity contribution in [2.45, 2.75) is 58.9 Å². The molecule has 2 heterocycles. The summed E-state index contributed by atoms with van der Waals surface area (Å²) in [7, 11) is 1.90. The predicted molar refractivity (Wildman–Crippen MR) is 90.8 cm³/mol. The van der Waals surface area contributed by atoms with Crippen LogP contribution in [0.2, 0.25) is 0 Å². The average molecular weight is 294 g/mol. The minimum Gasteiger partial charge on any atom is -0.356 e. The van der Waals surface area contributed by atoms with Gasteiger partial charge < -0.3 is 15.1 Å². The van der Waals surface area contributed by atoms with Gasteiger partial charge in [0.15, 0.2) is 5.96 Å². The molecule has 21 heavy (non-hydrogen) atoms. The number of hydrogen-bond donors (Lipinski definition) is 1. The largest absolute Gasteiger partial charge is 0.356 e. The molecular formula is C17H34N4. The summed E-state index contributed by atoms with van der Waals surface area (Å²) in [5.74, 6) is 1.09. The fraction of sp³-hybridized carbons (Fsp3) is 0.941. The first-order valence-corrected chi connectivity index (χ1v) is 8.71. The standard InChI is InChI=1S/C17H34N4/c1-15-8-5-6-11-20(15)12-7-10-19-16(18-4)21-13-9-17(2,3)14-21/h15H,5-14H2,1-4H3,(H,18,19). The molecule has 0 saturated carbocycles. The molecule has 0 aromatic heterocycles. The maximum absolute atomic E-state index is 4.45. The summed E-state index contributed by atoms with van der Waals surface area (Å²) in [6.45, 7) is 12.9. The molecule has 1 N–H and O–H groups in total. The smallest absolute Gasteiger partial charge is 0.193 e. The van der Waals surface area contributed by atoms with Gasteiger partial charge in [-0.15, -0.1) is 0 Å². The molecule has 2 aliphatic heterocycles. The number of hydrogen-bond acceptors (Lipinski definition) is 2. The summed E-state index contributed by atoms with van der Waals surface area (Å²) in [6, 6.07) is 0.775. The quantitative estimate of drug-likeness (QED) is 0.491. The average Bonchev–Trinajstić information content (AvgIpc) is 2.81. The fourth-order valence-corrected chi connectivity index (χ4v) is 3.60. The molecule has 4 nitrogen and oxygen atoms in total. The van der Waals surface area contributed by atoms with Crippen molar-refractivity contribution >= 4 is 5.96 Å². The fourth-order valence-electron chi connectivity index (χ4n) is 3.60. The molecule has 0 bridgehead atoms. The Labute approximate surface area is 131 Å². The molecule has 0 aromatic rings. The monoisotopic (exact) mass is 294 g/mol. The van der Waals surface area contributed by atoms with Gasteiger partial charge in [0.05, 0.1) is 0 Å². The van der Waals surface area contributed by atoms with Crippen LogP contribution in [0.1, 0.15) is 52.9 Å². The summed E-state index contributed by atoms with van der Waals surface area (Å²) in [5.41, 5.74) is 0.431. The Morgan fingerprint density at radius 3 is 2.71 bits per heavy atom. The summed E-state index contributed by atoms with van der Waals surface area (Å²) in [5, 5.41) is 3.55. The highest BCUT2D eigenvalue weighted by atomic mass is 15.3. The Morgan fingerprint density at radius 1 is 1.29 bits per heavy atom. The molecule has 2 rings (SSSR count). The topological polar surface area (TPSA) is 30.9 Å². The minimum atomic E-state index is 0.431. The minimum absolute atomic E-state index is 0.431. The van der Waals surface area contributed by atoms with Gasteiger partial charge in [0.25, 0.3) is 0 Å². The van der Waals surface area contributed by atoms with E-state index in [1.807, 2.05) is 7.05 Å². The first-order chi connectivity index (χ1) is 10.0. The van der Waals surface area contributed by atoms with Gasteiger partial charge in [-0.05, 0) is 44.6 Å². The van der Waals surface area contributed by atoms with Gasteiger partial charge in [0, 0.05) is 39.3 Å². The summed E-state index contributed by atoms with van der Waals surface area (Å²) in [4.78, 5) is 9.50. The van der Waals surface area contributed by atoms with Crippen LogP contribution in [-0.4, -0.2) is 61.6 Å². The van der Waals surface area contributed by atoms with Gasteiger partial charge in [-0.1, -0.05) is 20.3 Å². The number of aliphatic imine (C=N–C) groups is 1. The molecule has 0 amide bonds. The predicted octanol–water partition coefficient (Wildman–Crippen LogP) is 2.56. The lowest BCUT2D eigenvalue weighted by Gasteiger charge is -2.33. The Kier molecular flexibility index (Phi) is 5.91. The van der Waals surface area contributed by atoms with Crippen molar-refractivity contribution in [3.63, 3.8) is 0 Å². The molecule has 0 aromatic carbocycles. The lowest BCUT2D eigenvalue weighted by molar-refractivity contribution is 0.159. The van der Waals surface area contributed by atoms with Crippen LogP contribution in [-0.2, 0) is 0 Å². The first kappa shape index (κ1) is 16.6. The highest BCUT2D eigenvalue weighted by Gasteiger charge is 2.30. The van der Waals surface area contributed by atoms with E-state index in [9.17, 15) is 0 Å². The van der Waals surface area contributed by atoms with Crippen molar-refractivity contribution in [3.05, 3.63) is 0 Å². The van der Waals surface area contributed by atoms with Crippen LogP contribution >= 0.6 is 0 Å². The molecule has 4 heteroatoms. The van der Waals surface area contributed by atoms with Crippen LogP contribution < -0.4 is 5.32 Å². The van der Waals surface area contributed by atoms with Crippen molar-refractivity contribution in [3.8, 4) is 0 Å². The molecule has 1 unspecified atom stereocenters. The van der Waals surface area contributed by atoms with Gasteiger partial charge >= 0.3 is 0 Å². The van der Waals surface area contributed by atoms with Crippen LogP contribution in [0.4, 0.5) is 0 Å². The molecule has 0 spiro atoms. The van der Waals surface area contributed by atoms with Crippen molar-refractivity contribution in [2.75, 3.05) is 39.8 Å². The second kappa shape index (κ2) is 7.48. The maximum Gasteiger partial charge on any atom is 0.193 e. The van der Waals surface area contributed by atoms with Crippen LogP contribution in [0.3, 0.4) is 0 Å². The van der Waals surface area contributed by atoms with Crippen molar-refractivity contribution < 1.29 is 0 Å². The van der Waals surface area contributed by atoms with Crippen LogP contribution in [0.15, 0.2) is 4.99 Å². The Bertz CT molecular complexity index is 351. The number of piperidine rings is 1. The normalized spacial score (nSPS) is 27.1. The van der Waals surface area contributed by atoms with Crippen molar-refractivity contribution in [2.24, 2.45) is 10.4 Å². The number of likely N-dealkylation sites (tertiary alicyclic amines) is 2. The molecule has 2 fully saturated rings. The SMILES string of the molecule is CN=C(NCCCN1CCCCC1C)N1CCC(C)(C)C1. The van der Waals surface area contributed by atoms with Crippen LogP contribution in [0.5, 0.6) is 0 Å². The van der Waals surface area contributed by atoms with Crippen LogP contribution in [0.25, 0.3) is 0 Å². The second-order valence-corrected chi connectivity index (χ2v) is 7.54. The summed E-state index contributed by atoms with van der Waals surface area (Å²) in [6.07, 6.45) is 6.63. The summed E-state index contributed by atoms with van der Waals surface area (Å²) < 4.78 is 0. The van der Waals surface area contributed by atoms with E-state index in [0.29, 0.717) is 5.41 Å². The molecule has 1 atom stereocenters. The first-order valence-electron chi connectivity index (χ1n) is 8.71. The van der Waals surface area contributed by atoms with Gasteiger partial charge in [-0.25, -0.2) is 0 Å². The van der Waals surface area contributed by atoms with Gasteiger partial charge in [-0.3, -0.25) is 4.99 Å². The highest BCUT2D eigenvalue weighted by molar-refractivity contribution is 5.80. The zero-order chi connectivity index (χ0) is 15.3. The molecule has 2 aliphatic rings. The van der Waals surface area contributed by atoms with E-state index in [-0.39, 0.29) is 0 Å². The third kappa shape index (κ3) is 4.87. The van der Waals surface area contributed by atoms with Crippen LogP contribution in [0, 0.1) is 5.41 Å². The zero-order valence-corrected chi connectivity index (χ0v) is 14.5. The third-order valence-electron chi connectivity index (χ3n) is 5.03. The van der Waals surface area contributed by atoms with Gasteiger partial charge in [0.1, 0.15) is 0 Å². The van der Waals surface area contributed by atoms with Crippen molar-refractivity contribution in [1.82, 2.24) is 15.1 Å². The van der Waals surface area contributed by atoms with E-state index in [2.05, 4.69) is 40.9 Å². The Hall–Kier alpha value is -0.770. The van der Waals surface area contributed by atoms with E-state index in [0.717, 1.165) is 31.6 Å². The van der Waals surface area contributed by atoms with E-state index in [4.69, 9.17) is 0 Å². The van der Waals surface area contributed by atoms with E-state index in [1.165, 1.54) is 45.2 Å². The molecule has 0 radical (unpaired) electrons. The lowest BCUT2D eigenvalue weighted by atomic mass is 9.93. The number of rotatable bonds is 4. The van der Waals surface area contributed by atoms with E-state index in [1.54, 1.807) is 0 Å². The third-order valence-corrected chi connectivity index (χ3v) is 5.03. The Balaban J connectivity index is 1.67. The van der Waals surface area contributed by atoms with E-state index < -0.39 is 0 Å². The maximum atomic E-state index is 4.45. The Morgan fingerprint density at radius 2 is 2.10 bits per heavy atom. The second-order valence-electron chi connectivity index (χ2n) is 7.54. The van der Waals surface area contributed by atoms with E-state index >= 15 is 0 Å². The van der Waals surface area contributed by atoms with Gasteiger partial charge in [-0.2, -0.15) is 0 Å². The number of nitrogens with zero attached hydrogens (tertiary/aromatic N) is 3. The molecule has 122 valence electrons. The molecular weight excluding hydrogens is 260 g/mol. The highest BCUT2D eigenvalue weighted by Crippen LogP contribution is 2.28.